The minimum atomic E-state index is 0. The number of halogens is 2. The topological polar surface area (TPSA) is 30.5 Å². The number of hydrogen-bond donors (Lipinski definition) is 1. The van der Waals surface area contributed by atoms with Crippen LogP contribution in [0.2, 0.25) is 5.02 Å². The normalized spacial score (nSPS) is 9.89. The zero-order valence-electron chi connectivity index (χ0n) is 11.8. The van der Waals surface area contributed by atoms with Crippen molar-refractivity contribution in [3.8, 4) is 11.5 Å². The third-order valence-corrected chi connectivity index (χ3v) is 2.81. The second-order valence-corrected chi connectivity index (χ2v) is 4.34. The number of ether oxygens (including phenoxy) is 2. The van der Waals surface area contributed by atoms with Crippen molar-refractivity contribution in [2.75, 3.05) is 19.8 Å². The van der Waals surface area contributed by atoms with Crippen LogP contribution in [0.3, 0.4) is 0 Å². The summed E-state index contributed by atoms with van der Waals surface area (Å²) < 4.78 is 11.1. The molecule has 0 aliphatic rings. The average Bonchev–Trinajstić information content (AvgIpc) is 2.35. The van der Waals surface area contributed by atoms with Crippen molar-refractivity contribution in [1.82, 2.24) is 5.32 Å². The third kappa shape index (κ3) is 5.89. The molecule has 0 aromatic heterocycles. The number of rotatable bonds is 8. The van der Waals surface area contributed by atoms with Gasteiger partial charge in [0.05, 0.1) is 13.2 Å². The van der Waals surface area contributed by atoms with Gasteiger partial charge in [-0.2, -0.15) is 0 Å². The summed E-state index contributed by atoms with van der Waals surface area (Å²) in [6, 6.07) is 3.79. The largest absolute Gasteiger partial charge is 0.490 e. The molecule has 0 aliphatic carbocycles. The van der Waals surface area contributed by atoms with E-state index in [-0.39, 0.29) is 12.4 Å². The first-order valence-electron chi connectivity index (χ1n) is 6.51. The van der Waals surface area contributed by atoms with Gasteiger partial charge in [0.25, 0.3) is 0 Å². The van der Waals surface area contributed by atoms with E-state index in [0.29, 0.717) is 24.0 Å². The van der Waals surface area contributed by atoms with Gasteiger partial charge in [-0.05, 0) is 38.4 Å². The molecule has 0 heterocycles. The molecule has 0 unspecified atom stereocenters. The molecule has 0 radical (unpaired) electrons. The Balaban J connectivity index is 0.00000324. The van der Waals surface area contributed by atoms with Crippen molar-refractivity contribution in [1.29, 1.82) is 0 Å². The average molecular weight is 308 g/mol. The summed E-state index contributed by atoms with van der Waals surface area (Å²) >= 11 is 6.24. The Hall–Kier alpha value is -0.640. The molecule has 1 aromatic carbocycles. The third-order valence-electron chi connectivity index (χ3n) is 2.45. The smallest absolute Gasteiger partial charge is 0.162 e. The minimum Gasteiger partial charge on any atom is -0.490 e. The van der Waals surface area contributed by atoms with Gasteiger partial charge in [0.1, 0.15) is 0 Å². The van der Waals surface area contributed by atoms with E-state index in [2.05, 4.69) is 12.2 Å². The molecule has 19 heavy (non-hydrogen) atoms. The summed E-state index contributed by atoms with van der Waals surface area (Å²) in [6.45, 7) is 8.98. The van der Waals surface area contributed by atoms with Crippen LogP contribution in [0.1, 0.15) is 32.8 Å². The summed E-state index contributed by atoms with van der Waals surface area (Å²) in [5, 5.41) is 4.05. The van der Waals surface area contributed by atoms with E-state index in [1.54, 1.807) is 0 Å². The molecular weight excluding hydrogens is 285 g/mol. The predicted molar refractivity (Wildman–Crippen MR) is 83.0 cm³/mol. The highest BCUT2D eigenvalue weighted by Gasteiger charge is 2.10. The second-order valence-electron chi connectivity index (χ2n) is 3.93. The van der Waals surface area contributed by atoms with Crippen LogP contribution in [0.4, 0.5) is 0 Å². The molecule has 0 saturated carbocycles. The van der Waals surface area contributed by atoms with Crippen LogP contribution in [0.5, 0.6) is 11.5 Å². The number of hydrogen-bond acceptors (Lipinski definition) is 3. The maximum Gasteiger partial charge on any atom is 0.162 e. The van der Waals surface area contributed by atoms with E-state index < -0.39 is 0 Å². The van der Waals surface area contributed by atoms with Gasteiger partial charge in [0.15, 0.2) is 11.5 Å². The van der Waals surface area contributed by atoms with E-state index in [0.717, 1.165) is 30.8 Å². The molecule has 0 fully saturated rings. The van der Waals surface area contributed by atoms with Crippen LogP contribution in [-0.4, -0.2) is 19.8 Å². The van der Waals surface area contributed by atoms with Crippen LogP contribution in [0.15, 0.2) is 12.1 Å². The fourth-order valence-electron chi connectivity index (χ4n) is 1.65. The van der Waals surface area contributed by atoms with Crippen molar-refractivity contribution in [2.24, 2.45) is 0 Å². The first-order chi connectivity index (χ1) is 8.72. The van der Waals surface area contributed by atoms with E-state index >= 15 is 0 Å². The molecule has 0 saturated heterocycles. The van der Waals surface area contributed by atoms with Crippen LogP contribution in [0, 0.1) is 0 Å². The SMILES string of the molecule is CCCNCc1cc(OCC)c(OCC)cc1Cl.Cl. The van der Waals surface area contributed by atoms with E-state index in [1.165, 1.54) is 0 Å². The highest BCUT2D eigenvalue weighted by Crippen LogP contribution is 2.33. The summed E-state index contributed by atoms with van der Waals surface area (Å²) in [6.07, 6.45) is 1.10. The lowest BCUT2D eigenvalue weighted by atomic mass is 10.2. The molecule has 5 heteroatoms. The zero-order valence-corrected chi connectivity index (χ0v) is 13.4. The molecular formula is C14H23Cl2NO2. The first-order valence-corrected chi connectivity index (χ1v) is 6.89. The molecule has 1 N–H and O–H groups in total. The Labute approximate surface area is 127 Å². The first kappa shape index (κ1) is 18.4. The monoisotopic (exact) mass is 307 g/mol. The molecule has 0 bridgehead atoms. The number of nitrogens with one attached hydrogen (secondary N) is 1. The number of benzene rings is 1. The molecule has 0 amide bonds. The van der Waals surface area contributed by atoms with Gasteiger partial charge in [-0.25, -0.2) is 0 Å². The molecule has 1 aromatic rings. The summed E-state index contributed by atoms with van der Waals surface area (Å²) in [5.41, 5.74) is 1.04. The van der Waals surface area contributed by atoms with Crippen LogP contribution < -0.4 is 14.8 Å². The summed E-state index contributed by atoms with van der Waals surface area (Å²) in [5.74, 6) is 1.47. The summed E-state index contributed by atoms with van der Waals surface area (Å²) in [7, 11) is 0. The van der Waals surface area contributed by atoms with Crippen molar-refractivity contribution in [3.63, 3.8) is 0 Å². The Morgan fingerprint density at radius 1 is 1.05 bits per heavy atom. The van der Waals surface area contributed by atoms with E-state index in [9.17, 15) is 0 Å². The van der Waals surface area contributed by atoms with Crippen molar-refractivity contribution in [3.05, 3.63) is 22.7 Å². The van der Waals surface area contributed by atoms with Crippen molar-refractivity contribution in [2.45, 2.75) is 33.7 Å². The maximum absolute atomic E-state index is 6.24. The Bertz CT molecular complexity index is 373. The van der Waals surface area contributed by atoms with Crippen molar-refractivity contribution >= 4 is 24.0 Å². The minimum absolute atomic E-state index is 0. The molecule has 1 rings (SSSR count). The van der Waals surface area contributed by atoms with Crippen LogP contribution in [-0.2, 0) is 6.54 Å². The molecule has 0 spiro atoms. The standard InChI is InChI=1S/C14H22ClNO2.ClH/c1-4-7-16-10-11-8-13(17-5-2)14(18-6-3)9-12(11)15;/h8-9,16H,4-7,10H2,1-3H3;1H. The fourth-order valence-corrected chi connectivity index (χ4v) is 1.87. The van der Waals surface area contributed by atoms with Crippen molar-refractivity contribution < 1.29 is 9.47 Å². The molecule has 3 nitrogen and oxygen atoms in total. The van der Waals surface area contributed by atoms with Gasteiger partial charge < -0.3 is 14.8 Å². The molecule has 0 aliphatic heterocycles. The molecule has 110 valence electrons. The second kappa shape index (κ2) is 10.2. The highest BCUT2D eigenvalue weighted by atomic mass is 35.5. The Kier molecular flexibility index (Phi) is 9.84. The van der Waals surface area contributed by atoms with Gasteiger partial charge in [-0.1, -0.05) is 18.5 Å². The van der Waals surface area contributed by atoms with Gasteiger partial charge in [-0.15, -0.1) is 12.4 Å². The molecule has 0 atom stereocenters. The summed E-state index contributed by atoms with van der Waals surface area (Å²) in [4.78, 5) is 0. The van der Waals surface area contributed by atoms with Crippen LogP contribution >= 0.6 is 24.0 Å². The lowest BCUT2D eigenvalue weighted by Gasteiger charge is -2.14. The van der Waals surface area contributed by atoms with Crippen LogP contribution in [0.25, 0.3) is 0 Å². The Morgan fingerprint density at radius 2 is 1.63 bits per heavy atom. The lowest BCUT2D eigenvalue weighted by molar-refractivity contribution is 0.287. The van der Waals surface area contributed by atoms with Gasteiger partial charge >= 0.3 is 0 Å². The lowest BCUT2D eigenvalue weighted by Crippen LogP contribution is -2.14. The Morgan fingerprint density at radius 3 is 2.16 bits per heavy atom. The van der Waals surface area contributed by atoms with Gasteiger partial charge in [0, 0.05) is 17.6 Å². The predicted octanol–water partition coefficient (Wildman–Crippen LogP) is 4.06. The fraction of sp³-hybridized carbons (Fsp3) is 0.571. The highest BCUT2D eigenvalue weighted by molar-refractivity contribution is 6.31. The van der Waals surface area contributed by atoms with Gasteiger partial charge in [0.2, 0.25) is 0 Å². The maximum atomic E-state index is 6.24. The quantitative estimate of drug-likeness (QED) is 0.735. The van der Waals surface area contributed by atoms with E-state index in [4.69, 9.17) is 21.1 Å². The van der Waals surface area contributed by atoms with E-state index in [1.807, 2.05) is 26.0 Å². The van der Waals surface area contributed by atoms with Gasteiger partial charge in [-0.3, -0.25) is 0 Å². The zero-order chi connectivity index (χ0) is 13.4.